The molecule has 1 saturated carbocycles. The molecule has 2 atom stereocenters. The van der Waals surface area contributed by atoms with Crippen molar-refractivity contribution in [1.82, 2.24) is 4.90 Å². The molecule has 0 spiro atoms. The quantitative estimate of drug-likeness (QED) is 0.441. The zero-order chi connectivity index (χ0) is 7.44. The fourth-order valence-corrected chi connectivity index (χ4v) is 0.169. The van der Waals surface area contributed by atoms with Crippen molar-refractivity contribution in [2.45, 2.75) is 18.6 Å². The van der Waals surface area contributed by atoms with Gasteiger partial charge in [-0.25, -0.2) is 0 Å². The average molecular weight is 151 g/mol. The predicted molar refractivity (Wildman–Crippen MR) is 39.9 cm³/mol. The van der Waals surface area contributed by atoms with Crippen LogP contribution in [0.15, 0.2) is 0 Å². The Morgan fingerprint density at radius 1 is 1.10 bits per heavy atom. The first-order valence-corrected chi connectivity index (χ1v) is 3.01. The third-order valence-electron chi connectivity index (χ3n) is 0.724. The molecule has 2 unspecified atom stereocenters. The molecule has 1 aliphatic carbocycles. The first-order chi connectivity index (χ1) is 4.04. The number of hydrogen-bond donors (Lipinski definition) is 2. The van der Waals surface area contributed by atoms with E-state index >= 15 is 0 Å². The molecular weight excluding hydrogens is 134 g/mol. The van der Waals surface area contributed by atoms with Crippen LogP contribution in [0.4, 0.5) is 0 Å². The van der Waals surface area contributed by atoms with Crippen molar-refractivity contribution in [2.75, 3.05) is 21.1 Å². The highest BCUT2D eigenvalue weighted by Crippen LogP contribution is 2.18. The van der Waals surface area contributed by atoms with Gasteiger partial charge in [-0.2, -0.15) is 0 Å². The van der Waals surface area contributed by atoms with Gasteiger partial charge in [0.05, 0.1) is 12.2 Å². The smallest absolute Gasteiger partial charge is 0.0825 e. The molecule has 4 nitrogen and oxygen atoms in total. The van der Waals surface area contributed by atoms with Crippen molar-refractivity contribution in [3.63, 3.8) is 0 Å². The zero-order valence-electron chi connectivity index (χ0n) is 6.70. The van der Waals surface area contributed by atoms with Crippen LogP contribution in [0, 0.1) is 0 Å². The molecule has 10 heavy (non-hydrogen) atoms. The summed E-state index contributed by atoms with van der Waals surface area (Å²) >= 11 is 0. The van der Waals surface area contributed by atoms with E-state index in [1.165, 1.54) is 0 Å². The van der Waals surface area contributed by atoms with Gasteiger partial charge in [0.25, 0.3) is 0 Å². The predicted octanol–water partition coefficient (Wildman–Crippen LogP) is -1.54. The van der Waals surface area contributed by atoms with Gasteiger partial charge in [0.2, 0.25) is 0 Å². The van der Waals surface area contributed by atoms with Crippen molar-refractivity contribution in [3.05, 3.63) is 0 Å². The Morgan fingerprint density at radius 3 is 1.20 bits per heavy atom. The third kappa shape index (κ3) is 10.8. The maximum atomic E-state index is 8.19. The number of aliphatic hydroxyl groups excluding tert-OH is 2. The van der Waals surface area contributed by atoms with Crippen LogP contribution in [0.3, 0.4) is 0 Å². The fourth-order valence-electron chi connectivity index (χ4n) is 0.169. The third-order valence-corrected chi connectivity index (χ3v) is 0.724. The van der Waals surface area contributed by atoms with Gasteiger partial charge in [0.1, 0.15) is 0 Å². The molecule has 0 bridgehead atoms. The summed E-state index contributed by atoms with van der Waals surface area (Å²) in [5, 5.41) is 16.4. The molecule has 4 heteroatoms. The summed E-state index contributed by atoms with van der Waals surface area (Å²) in [6.07, 6.45) is -0.204. The summed E-state index contributed by atoms with van der Waals surface area (Å²) in [6, 6.07) is 0. The number of aliphatic hydroxyl groups is 2. The molecule has 0 heterocycles. The summed E-state index contributed by atoms with van der Waals surface area (Å²) in [6.45, 7) is 0. The van der Waals surface area contributed by atoms with Crippen molar-refractivity contribution >= 4 is 0 Å². The van der Waals surface area contributed by atoms with Crippen LogP contribution in [0.1, 0.15) is 6.42 Å². The summed E-state index contributed by atoms with van der Waals surface area (Å²) in [7, 11) is 6.00. The topological polar surface area (TPSA) is 75.2 Å². The second-order valence-electron chi connectivity index (χ2n) is 2.71. The number of nitrogens with zero attached hydrogens (tertiary/aromatic N) is 1. The van der Waals surface area contributed by atoms with E-state index in [-0.39, 0.29) is 5.48 Å². The van der Waals surface area contributed by atoms with E-state index in [1.54, 1.807) is 0 Å². The standard InChI is InChI=1S/C3H9N.C3H6O2.H2O/c1-4(2)3;4-2-1-3(2)5;/h1-3H3;2-5H,1H2;1H2. The highest BCUT2D eigenvalue weighted by Gasteiger charge is 2.32. The second kappa shape index (κ2) is 5.61. The molecule has 0 radical (unpaired) electrons. The first-order valence-electron chi connectivity index (χ1n) is 3.01. The van der Waals surface area contributed by atoms with Gasteiger partial charge >= 0.3 is 0 Å². The average Bonchev–Trinajstić information content (AvgIpc) is 2.16. The van der Waals surface area contributed by atoms with Crippen LogP contribution in [0.25, 0.3) is 0 Å². The summed E-state index contributed by atoms with van der Waals surface area (Å²) in [5.41, 5.74) is 0. The van der Waals surface area contributed by atoms with Gasteiger partial charge < -0.3 is 20.6 Å². The van der Waals surface area contributed by atoms with E-state index in [1.807, 2.05) is 26.0 Å². The Balaban J connectivity index is 0. The molecular formula is C6H17NO3. The highest BCUT2D eigenvalue weighted by atomic mass is 16.3. The molecule has 1 aliphatic rings. The second-order valence-corrected chi connectivity index (χ2v) is 2.71. The van der Waals surface area contributed by atoms with E-state index in [9.17, 15) is 0 Å². The van der Waals surface area contributed by atoms with Crippen molar-refractivity contribution < 1.29 is 15.7 Å². The van der Waals surface area contributed by atoms with E-state index in [4.69, 9.17) is 10.2 Å². The minimum atomic E-state index is -0.394. The Bertz CT molecular complexity index is 68.6. The lowest BCUT2D eigenvalue weighted by atomic mass is 10.8. The largest absolute Gasteiger partial charge is 0.412 e. The van der Waals surface area contributed by atoms with Crippen molar-refractivity contribution in [3.8, 4) is 0 Å². The minimum Gasteiger partial charge on any atom is -0.412 e. The summed E-state index contributed by atoms with van der Waals surface area (Å²) in [4.78, 5) is 2.00. The van der Waals surface area contributed by atoms with Crippen LogP contribution in [0.5, 0.6) is 0 Å². The highest BCUT2D eigenvalue weighted by molar-refractivity contribution is 4.84. The van der Waals surface area contributed by atoms with Crippen LogP contribution in [0.2, 0.25) is 0 Å². The van der Waals surface area contributed by atoms with E-state index in [2.05, 4.69) is 0 Å². The monoisotopic (exact) mass is 151 g/mol. The van der Waals surface area contributed by atoms with Gasteiger partial charge in [-0.05, 0) is 21.1 Å². The Hall–Kier alpha value is -0.160. The van der Waals surface area contributed by atoms with Crippen LogP contribution in [-0.4, -0.2) is 53.9 Å². The molecule has 1 fully saturated rings. The molecule has 0 saturated heterocycles. The van der Waals surface area contributed by atoms with E-state index < -0.39 is 12.2 Å². The maximum absolute atomic E-state index is 8.19. The van der Waals surface area contributed by atoms with Gasteiger partial charge in [-0.15, -0.1) is 0 Å². The van der Waals surface area contributed by atoms with Crippen molar-refractivity contribution in [1.29, 1.82) is 0 Å². The molecule has 1 rings (SSSR count). The minimum absolute atomic E-state index is 0. The molecule has 64 valence electrons. The van der Waals surface area contributed by atoms with E-state index in [0.29, 0.717) is 6.42 Å². The molecule has 0 aromatic carbocycles. The van der Waals surface area contributed by atoms with E-state index in [0.717, 1.165) is 0 Å². The SMILES string of the molecule is CN(C)C.O.OC1CC1O. The Kier molecular flexibility index (Phi) is 7.02. The molecule has 0 aliphatic heterocycles. The lowest BCUT2D eigenvalue weighted by Gasteiger charge is -1.90. The molecule has 0 amide bonds. The Labute approximate surface area is 61.4 Å². The van der Waals surface area contributed by atoms with Crippen LogP contribution >= 0.6 is 0 Å². The van der Waals surface area contributed by atoms with Crippen LogP contribution in [-0.2, 0) is 0 Å². The molecule has 4 N–H and O–H groups in total. The van der Waals surface area contributed by atoms with Gasteiger partial charge in [-0.3, -0.25) is 0 Å². The van der Waals surface area contributed by atoms with Crippen LogP contribution < -0.4 is 0 Å². The van der Waals surface area contributed by atoms with Gasteiger partial charge in [-0.1, -0.05) is 0 Å². The van der Waals surface area contributed by atoms with Crippen molar-refractivity contribution in [2.24, 2.45) is 0 Å². The number of rotatable bonds is 0. The maximum Gasteiger partial charge on any atom is 0.0825 e. The summed E-state index contributed by atoms with van der Waals surface area (Å²) < 4.78 is 0. The number of hydrogen-bond acceptors (Lipinski definition) is 3. The molecule has 0 aromatic rings. The summed E-state index contributed by atoms with van der Waals surface area (Å²) in [5.74, 6) is 0. The zero-order valence-corrected chi connectivity index (χ0v) is 6.70. The fraction of sp³-hybridized carbons (Fsp3) is 1.00. The lowest BCUT2D eigenvalue weighted by Crippen LogP contribution is -1.99. The van der Waals surface area contributed by atoms with Gasteiger partial charge in [0, 0.05) is 6.42 Å². The first kappa shape index (κ1) is 12.5. The normalized spacial score (nSPS) is 28.2. The Morgan fingerprint density at radius 2 is 1.20 bits per heavy atom. The molecule has 0 aromatic heterocycles. The van der Waals surface area contributed by atoms with Gasteiger partial charge in [0.15, 0.2) is 0 Å². The lowest BCUT2D eigenvalue weighted by molar-refractivity contribution is 0.180.